The second-order valence-corrected chi connectivity index (χ2v) is 10.3. The maximum absolute atomic E-state index is 14.7. The molecule has 182 valence electrons. The highest BCUT2D eigenvalue weighted by Gasteiger charge is 2.44. The molecule has 4 nitrogen and oxygen atoms in total. The van der Waals surface area contributed by atoms with Crippen LogP contribution in [0.4, 0.5) is 5.69 Å². The van der Waals surface area contributed by atoms with E-state index in [1.54, 1.807) is 18.0 Å². The number of quaternary nitrogens is 1. The van der Waals surface area contributed by atoms with E-state index >= 15 is 0 Å². The highest BCUT2D eigenvalue weighted by atomic mass is 32.2. The fourth-order valence-electron chi connectivity index (χ4n) is 5.47. The molecule has 3 aromatic carbocycles. The Bertz CT molecular complexity index is 1560. The molecule has 1 atom stereocenters. The van der Waals surface area contributed by atoms with E-state index in [4.69, 9.17) is 0 Å². The number of amides is 1. The van der Waals surface area contributed by atoms with E-state index in [9.17, 15) is 4.79 Å². The monoisotopic (exact) mass is 502 g/mol. The summed E-state index contributed by atoms with van der Waals surface area (Å²) in [5.74, 6) is 0.0932. The van der Waals surface area contributed by atoms with Gasteiger partial charge in [0.2, 0.25) is 0 Å². The van der Waals surface area contributed by atoms with Crippen molar-refractivity contribution in [3.63, 3.8) is 0 Å². The lowest BCUT2D eigenvalue weighted by Gasteiger charge is -2.35. The second-order valence-electron chi connectivity index (χ2n) is 9.48. The molecule has 3 heterocycles. The first kappa shape index (κ1) is 23.5. The van der Waals surface area contributed by atoms with E-state index in [-0.39, 0.29) is 10.4 Å². The molecule has 0 spiro atoms. The predicted molar refractivity (Wildman–Crippen MR) is 151 cm³/mol. The van der Waals surface area contributed by atoms with Gasteiger partial charge >= 0.3 is 5.91 Å². The lowest BCUT2D eigenvalue weighted by molar-refractivity contribution is 0.0736. The van der Waals surface area contributed by atoms with Crippen LogP contribution in [0.3, 0.4) is 0 Å². The number of carbonyl (C=O) groups excluding carboxylic acids is 1. The average molecular weight is 503 g/mol. The van der Waals surface area contributed by atoms with Gasteiger partial charge in [0.05, 0.1) is 17.8 Å². The maximum Gasteiger partial charge on any atom is 0.351 e. The lowest BCUT2D eigenvalue weighted by atomic mass is 10.0. The normalized spacial score (nSPS) is 16.5. The molecule has 6 rings (SSSR count). The average Bonchev–Trinajstić information content (AvgIpc) is 3.34. The van der Waals surface area contributed by atoms with E-state index in [2.05, 4.69) is 94.8 Å². The summed E-state index contributed by atoms with van der Waals surface area (Å²) in [5.41, 5.74) is 7.42. The largest absolute Gasteiger partial charge is 0.351 e. The van der Waals surface area contributed by atoms with E-state index in [1.807, 2.05) is 30.5 Å². The van der Waals surface area contributed by atoms with Crippen LogP contribution in [0.25, 0.3) is 11.1 Å². The summed E-state index contributed by atoms with van der Waals surface area (Å²) >= 11 is 1.73. The van der Waals surface area contributed by atoms with Gasteiger partial charge in [0.15, 0.2) is 0 Å². The molecule has 1 unspecified atom stereocenters. The van der Waals surface area contributed by atoms with E-state index in [1.165, 1.54) is 16.0 Å². The van der Waals surface area contributed by atoms with Gasteiger partial charge in [0.1, 0.15) is 18.8 Å². The number of hydrogen-bond acceptors (Lipinski definition) is 3. The fraction of sp³-hybridized carbons (Fsp3) is 0.125. The minimum Gasteiger partial charge on any atom is -0.342 e. The molecule has 1 aliphatic rings. The summed E-state index contributed by atoms with van der Waals surface area (Å²) in [4.78, 5) is 20.3. The smallest absolute Gasteiger partial charge is 0.342 e. The van der Waals surface area contributed by atoms with Crippen molar-refractivity contribution in [2.75, 3.05) is 6.26 Å². The van der Waals surface area contributed by atoms with Crippen molar-refractivity contribution in [1.82, 2.24) is 14.0 Å². The number of hydrogen-bond donors (Lipinski definition) is 0. The zero-order chi connectivity index (χ0) is 25.2. The number of nitrogens with zero attached hydrogens (tertiary/aromatic N) is 3. The van der Waals surface area contributed by atoms with Crippen molar-refractivity contribution < 1.29 is 4.79 Å². The Hall–Kier alpha value is -3.93. The Morgan fingerprint density at radius 3 is 2.54 bits per heavy atom. The Kier molecular flexibility index (Phi) is 6.25. The SMILES string of the molecule is CSc1ccccc1-c1ccc(C(=O)[N+]2(Cc3cccnc3)Cc3cccn3Cc3ccccc32)cc1. The zero-order valence-corrected chi connectivity index (χ0v) is 21.6. The number of carbonyl (C=O) groups is 1. The Balaban J connectivity index is 1.49. The van der Waals surface area contributed by atoms with Crippen LogP contribution in [0.15, 0.2) is 121 Å². The third kappa shape index (κ3) is 4.31. The van der Waals surface area contributed by atoms with Crippen LogP contribution in [0, 0.1) is 0 Å². The Labute approximate surface area is 221 Å². The van der Waals surface area contributed by atoms with Crippen molar-refractivity contribution in [2.24, 2.45) is 0 Å². The number of fused-ring (bicyclic) bond motifs is 2. The summed E-state index contributed by atoms with van der Waals surface area (Å²) in [7, 11) is 0. The molecule has 5 heteroatoms. The van der Waals surface area contributed by atoms with Gasteiger partial charge in [-0.05, 0) is 53.8 Å². The van der Waals surface area contributed by atoms with Gasteiger partial charge in [0, 0.05) is 40.7 Å². The molecule has 37 heavy (non-hydrogen) atoms. The number of benzene rings is 3. The van der Waals surface area contributed by atoms with Crippen molar-refractivity contribution in [1.29, 1.82) is 0 Å². The van der Waals surface area contributed by atoms with Gasteiger partial charge < -0.3 is 4.57 Å². The fourth-order valence-corrected chi connectivity index (χ4v) is 6.10. The quantitative estimate of drug-likeness (QED) is 0.189. The molecule has 2 aromatic heterocycles. The predicted octanol–water partition coefficient (Wildman–Crippen LogP) is 7.18. The van der Waals surface area contributed by atoms with Crippen LogP contribution >= 0.6 is 11.8 Å². The molecule has 0 saturated heterocycles. The number of rotatable bonds is 5. The summed E-state index contributed by atoms with van der Waals surface area (Å²) in [6, 6.07) is 33.1. The Morgan fingerprint density at radius 2 is 1.73 bits per heavy atom. The van der Waals surface area contributed by atoms with E-state index < -0.39 is 0 Å². The number of aromatic nitrogens is 2. The van der Waals surface area contributed by atoms with Gasteiger partial charge in [-0.2, -0.15) is 0 Å². The molecule has 0 radical (unpaired) electrons. The van der Waals surface area contributed by atoms with Gasteiger partial charge in [0.25, 0.3) is 0 Å². The van der Waals surface area contributed by atoms with Gasteiger partial charge in [-0.25, -0.2) is 9.28 Å². The van der Waals surface area contributed by atoms with Gasteiger partial charge in [-0.15, -0.1) is 11.8 Å². The zero-order valence-electron chi connectivity index (χ0n) is 20.7. The third-order valence-electron chi connectivity index (χ3n) is 7.26. The van der Waals surface area contributed by atoms with Crippen molar-refractivity contribution >= 4 is 23.4 Å². The van der Waals surface area contributed by atoms with Gasteiger partial charge in [-0.3, -0.25) is 4.98 Å². The molecular formula is C32H28N3OS+. The van der Waals surface area contributed by atoms with Crippen LogP contribution < -0.4 is 4.48 Å². The van der Waals surface area contributed by atoms with E-state index in [0.29, 0.717) is 18.7 Å². The van der Waals surface area contributed by atoms with Crippen LogP contribution in [0.1, 0.15) is 27.2 Å². The highest BCUT2D eigenvalue weighted by Crippen LogP contribution is 2.38. The van der Waals surface area contributed by atoms with Crippen LogP contribution in [0.5, 0.6) is 0 Å². The first-order valence-corrected chi connectivity index (χ1v) is 13.7. The van der Waals surface area contributed by atoms with Crippen LogP contribution in [0.2, 0.25) is 0 Å². The molecular weight excluding hydrogens is 474 g/mol. The van der Waals surface area contributed by atoms with E-state index in [0.717, 1.165) is 29.1 Å². The third-order valence-corrected chi connectivity index (χ3v) is 8.06. The summed E-state index contributed by atoms with van der Waals surface area (Å²) in [6.45, 7) is 1.87. The molecule has 1 amide bonds. The van der Waals surface area contributed by atoms with Crippen molar-refractivity contribution in [3.8, 4) is 11.1 Å². The topological polar surface area (TPSA) is 34.9 Å². The number of thioether (sulfide) groups is 1. The first-order chi connectivity index (χ1) is 18.2. The first-order valence-electron chi connectivity index (χ1n) is 12.4. The molecule has 5 aromatic rings. The molecule has 0 aliphatic carbocycles. The number of pyridine rings is 1. The summed E-state index contributed by atoms with van der Waals surface area (Å²) < 4.78 is 2.45. The Morgan fingerprint density at radius 1 is 0.919 bits per heavy atom. The molecule has 0 N–H and O–H groups in total. The second kappa shape index (κ2) is 9.85. The molecule has 0 saturated carbocycles. The standard InChI is InChI=1S/C32H28N3OS/c1-37-31-13-5-3-11-29(31)25-14-16-26(17-15-25)32(36)35(22-24-8-6-18-33-20-24)23-28-10-7-19-34(28)21-27-9-2-4-12-30(27)35/h2-20H,21-23H2,1H3/q+1. The van der Waals surface area contributed by atoms with Crippen LogP contribution in [-0.2, 0) is 19.6 Å². The molecule has 1 aliphatic heterocycles. The minimum absolute atomic E-state index is 0.0932. The highest BCUT2D eigenvalue weighted by molar-refractivity contribution is 7.98. The van der Waals surface area contributed by atoms with Gasteiger partial charge in [-0.1, -0.05) is 54.6 Å². The lowest BCUT2D eigenvalue weighted by Crippen LogP contribution is -2.53. The van der Waals surface area contributed by atoms with Crippen molar-refractivity contribution in [2.45, 2.75) is 24.5 Å². The molecule has 0 fully saturated rings. The molecule has 0 bridgehead atoms. The summed E-state index contributed by atoms with van der Waals surface area (Å²) in [5, 5.41) is 0. The van der Waals surface area contributed by atoms with Crippen molar-refractivity contribution in [3.05, 3.63) is 138 Å². The minimum atomic E-state index is 0.0932. The summed E-state index contributed by atoms with van der Waals surface area (Å²) in [6.07, 6.45) is 7.86. The van der Waals surface area contributed by atoms with Crippen LogP contribution in [-0.4, -0.2) is 21.7 Å². The number of para-hydroxylation sites is 1. The maximum atomic E-state index is 14.7.